The molecule has 0 saturated heterocycles. The molecule has 1 aromatic carbocycles. The van der Waals surface area contributed by atoms with E-state index < -0.39 is 28.7 Å². The lowest BCUT2D eigenvalue weighted by Gasteiger charge is -2.48. The number of nitrogens with two attached hydrogens (primary N) is 1. The summed E-state index contributed by atoms with van der Waals surface area (Å²) in [6.45, 7) is 10.1. The molecule has 0 aromatic heterocycles. The normalized spacial score (nSPS) is 15.3. The van der Waals surface area contributed by atoms with E-state index in [0.717, 1.165) is 5.56 Å². The van der Waals surface area contributed by atoms with E-state index in [-0.39, 0.29) is 25.3 Å². The van der Waals surface area contributed by atoms with Crippen LogP contribution in [-0.2, 0) is 25.5 Å². The summed E-state index contributed by atoms with van der Waals surface area (Å²) in [5, 5.41) is 13.6. The average Bonchev–Trinajstić information content (AvgIpc) is 2.74. The van der Waals surface area contributed by atoms with Crippen LogP contribution in [0.25, 0.3) is 0 Å². The molecule has 1 aromatic rings. The number of carbonyl (C=O) groups is 3. The lowest BCUT2D eigenvalue weighted by atomic mass is 9.57. The Hall–Kier alpha value is -2.45. The van der Waals surface area contributed by atoms with Crippen molar-refractivity contribution in [3.8, 4) is 0 Å². The molecule has 8 heteroatoms. The maximum Gasteiger partial charge on any atom is 0.233 e. The third-order valence-corrected chi connectivity index (χ3v) is 6.00. The van der Waals surface area contributed by atoms with E-state index in [1.165, 1.54) is 0 Å². The Kier molecular flexibility index (Phi) is 10.8. The maximum atomic E-state index is 13.4. The Morgan fingerprint density at radius 2 is 1.88 bits per heavy atom. The highest BCUT2D eigenvalue weighted by atomic mass is 16.5. The molecule has 0 aliphatic heterocycles. The SMILES string of the molecule is CCOCCNC(=O)[C@@H](C(C)(C)C)C(CCCc1ccccc1)(C(N)=O)[C@H](C)N(O)C=O. The van der Waals surface area contributed by atoms with E-state index in [4.69, 9.17) is 10.5 Å². The minimum absolute atomic E-state index is 0.226. The van der Waals surface area contributed by atoms with Crippen LogP contribution in [0.1, 0.15) is 53.0 Å². The fraction of sp³-hybridized carbons (Fsp3) is 0.625. The molecule has 0 saturated carbocycles. The molecule has 32 heavy (non-hydrogen) atoms. The minimum atomic E-state index is -1.49. The van der Waals surface area contributed by atoms with Gasteiger partial charge in [0.25, 0.3) is 0 Å². The van der Waals surface area contributed by atoms with E-state index in [1.807, 2.05) is 58.0 Å². The number of hydrogen-bond donors (Lipinski definition) is 3. The second-order valence-corrected chi connectivity index (χ2v) is 9.19. The Labute approximate surface area is 191 Å². The molecular formula is C24H39N3O5. The summed E-state index contributed by atoms with van der Waals surface area (Å²) in [6, 6.07) is 8.77. The van der Waals surface area contributed by atoms with Crippen molar-refractivity contribution in [2.75, 3.05) is 19.8 Å². The second kappa shape index (κ2) is 12.6. The van der Waals surface area contributed by atoms with Crippen LogP contribution in [0.15, 0.2) is 30.3 Å². The molecule has 3 atom stereocenters. The van der Waals surface area contributed by atoms with Gasteiger partial charge in [-0.25, -0.2) is 5.06 Å². The summed E-state index contributed by atoms with van der Waals surface area (Å²) in [4.78, 5) is 37.9. The smallest absolute Gasteiger partial charge is 0.233 e. The first-order valence-electron chi connectivity index (χ1n) is 11.1. The maximum absolute atomic E-state index is 13.4. The largest absolute Gasteiger partial charge is 0.380 e. The number of rotatable bonds is 14. The Morgan fingerprint density at radius 3 is 2.38 bits per heavy atom. The van der Waals surface area contributed by atoms with Crippen molar-refractivity contribution in [3.63, 3.8) is 0 Å². The molecule has 0 aliphatic carbocycles. The van der Waals surface area contributed by atoms with Crippen LogP contribution in [0.2, 0.25) is 0 Å². The summed E-state index contributed by atoms with van der Waals surface area (Å²) >= 11 is 0. The number of hydroxylamine groups is 2. The van der Waals surface area contributed by atoms with Crippen molar-refractivity contribution in [3.05, 3.63) is 35.9 Å². The summed E-state index contributed by atoms with van der Waals surface area (Å²) in [7, 11) is 0. The number of benzene rings is 1. The zero-order valence-electron chi connectivity index (χ0n) is 20.0. The molecule has 0 radical (unpaired) electrons. The van der Waals surface area contributed by atoms with E-state index in [2.05, 4.69) is 5.32 Å². The van der Waals surface area contributed by atoms with Crippen molar-refractivity contribution in [1.82, 2.24) is 10.4 Å². The molecule has 1 unspecified atom stereocenters. The highest BCUT2D eigenvalue weighted by molar-refractivity contribution is 5.91. The quantitative estimate of drug-likeness (QED) is 0.174. The van der Waals surface area contributed by atoms with Crippen LogP contribution >= 0.6 is 0 Å². The van der Waals surface area contributed by atoms with Crippen molar-refractivity contribution >= 4 is 18.2 Å². The molecule has 0 aliphatic rings. The van der Waals surface area contributed by atoms with Gasteiger partial charge in [-0.2, -0.15) is 0 Å². The third kappa shape index (κ3) is 7.03. The summed E-state index contributed by atoms with van der Waals surface area (Å²) < 4.78 is 5.30. The molecular weight excluding hydrogens is 410 g/mol. The predicted molar refractivity (Wildman–Crippen MR) is 123 cm³/mol. The number of nitrogens with one attached hydrogen (secondary N) is 1. The van der Waals surface area contributed by atoms with E-state index in [9.17, 15) is 19.6 Å². The van der Waals surface area contributed by atoms with Gasteiger partial charge in [0.2, 0.25) is 18.2 Å². The molecule has 4 N–H and O–H groups in total. The van der Waals surface area contributed by atoms with Crippen LogP contribution < -0.4 is 11.1 Å². The highest BCUT2D eigenvalue weighted by Crippen LogP contribution is 2.47. The standard InChI is InChI=1S/C24H39N3O5/c1-6-32-16-15-26-21(29)20(23(3,4)5)24(22(25)30,18(2)27(31)17-28)14-10-13-19-11-8-7-9-12-19/h7-9,11-12,17-18,20,31H,6,10,13-16H2,1-5H3,(H2,25,30)(H,26,29)/t18-,20-,24?/m0/s1. The molecule has 3 amide bonds. The molecule has 1 rings (SSSR count). The van der Waals surface area contributed by atoms with Gasteiger partial charge in [0.15, 0.2) is 0 Å². The lowest BCUT2D eigenvalue weighted by molar-refractivity contribution is -0.187. The van der Waals surface area contributed by atoms with Crippen molar-refractivity contribution in [1.29, 1.82) is 0 Å². The topological polar surface area (TPSA) is 122 Å². The molecule has 0 bridgehead atoms. The predicted octanol–water partition coefficient (Wildman–Crippen LogP) is 2.53. The highest BCUT2D eigenvalue weighted by Gasteiger charge is 2.57. The van der Waals surface area contributed by atoms with Crippen LogP contribution in [0.3, 0.4) is 0 Å². The monoisotopic (exact) mass is 449 g/mol. The summed E-state index contributed by atoms with van der Waals surface area (Å²) in [5.41, 5.74) is 4.87. The first-order valence-corrected chi connectivity index (χ1v) is 11.1. The fourth-order valence-corrected chi connectivity index (χ4v) is 4.52. The lowest BCUT2D eigenvalue weighted by Crippen LogP contribution is -2.62. The molecule has 0 fully saturated rings. The summed E-state index contributed by atoms with van der Waals surface area (Å²) in [6.07, 6.45) is 1.68. The van der Waals surface area contributed by atoms with Gasteiger partial charge in [-0.1, -0.05) is 51.1 Å². The zero-order chi connectivity index (χ0) is 24.4. The van der Waals surface area contributed by atoms with Gasteiger partial charge < -0.3 is 15.8 Å². The Balaban J connectivity index is 3.36. The molecule has 0 heterocycles. The molecule has 8 nitrogen and oxygen atoms in total. The fourth-order valence-electron chi connectivity index (χ4n) is 4.52. The van der Waals surface area contributed by atoms with E-state index in [0.29, 0.717) is 31.1 Å². The van der Waals surface area contributed by atoms with Gasteiger partial charge in [-0.3, -0.25) is 19.6 Å². The van der Waals surface area contributed by atoms with Gasteiger partial charge in [-0.15, -0.1) is 0 Å². The zero-order valence-corrected chi connectivity index (χ0v) is 20.0. The van der Waals surface area contributed by atoms with Crippen molar-refractivity contribution in [2.24, 2.45) is 22.5 Å². The number of aryl methyl sites for hydroxylation is 1. The Morgan fingerprint density at radius 1 is 1.25 bits per heavy atom. The van der Waals surface area contributed by atoms with Gasteiger partial charge in [0.1, 0.15) is 0 Å². The van der Waals surface area contributed by atoms with Gasteiger partial charge in [0, 0.05) is 13.2 Å². The van der Waals surface area contributed by atoms with Crippen molar-refractivity contribution in [2.45, 2.75) is 59.9 Å². The number of ether oxygens (including phenoxy) is 1. The van der Waals surface area contributed by atoms with Gasteiger partial charge in [-0.05, 0) is 44.1 Å². The van der Waals surface area contributed by atoms with Crippen LogP contribution in [0, 0.1) is 16.7 Å². The van der Waals surface area contributed by atoms with Crippen LogP contribution in [0.4, 0.5) is 0 Å². The van der Waals surface area contributed by atoms with Gasteiger partial charge in [0.05, 0.1) is 24.0 Å². The first-order chi connectivity index (χ1) is 15.0. The molecule has 180 valence electrons. The Bertz CT molecular complexity index is 735. The van der Waals surface area contributed by atoms with Crippen molar-refractivity contribution < 1.29 is 24.3 Å². The number of amides is 3. The van der Waals surface area contributed by atoms with Crippen LogP contribution in [0.5, 0.6) is 0 Å². The number of nitrogens with zero attached hydrogens (tertiary/aromatic N) is 1. The number of carbonyl (C=O) groups excluding carboxylic acids is 3. The second-order valence-electron chi connectivity index (χ2n) is 9.19. The van der Waals surface area contributed by atoms with E-state index in [1.54, 1.807) is 6.92 Å². The number of primary amides is 1. The third-order valence-electron chi connectivity index (χ3n) is 6.00. The first kappa shape index (κ1) is 27.6. The molecule has 0 spiro atoms. The minimum Gasteiger partial charge on any atom is -0.380 e. The van der Waals surface area contributed by atoms with Crippen LogP contribution in [-0.4, -0.2) is 54.3 Å². The van der Waals surface area contributed by atoms with E-state index >= 15 is 0 Å². The average molecular weight is 450 g/mol. The summed E-state index contributed by atoms with van der Waals surface area (Å²) in [5.74, 6) is -1.98. The van der Waals surface area contributed by atoms with Gasteiger partial charge >= 0.3 is 0 Å². The number of hydrogen-bond acceptors (Lipinski definition) is 5.